The van der Waals surface area contributed by atoms with E-state index in [1.165, 1.54) is 12.0 Å². The number of carbonyl (C=O) groups is 2. The Bertz CT molecular complexity index is 888. The van der Waals surface area contributed by atoms with E-state index in [-0.39, 0.29) is 17.6 Å². The average molecular weight is 411 g/mol. The van der Waals surface area contributed by atoms with Crippen molar-refractivity contribution in [3.63, 3.8) is 0 Å². The zero-order chi connectivity index (χ0) is 21.1. The maximum atomic E-state index is 13.0. The number of nitrogens with zero attached hydrogens (tertiary/aromatic N) is 3. The molecular formula is C23H30N4O3. The Labute approximate surface area is 177 Å². The summed E-state index contributed by atoms with van der Waals surface area (Å²) < 4.78 is 5.23. The molecule has 4 rings (SSSR count). The first-order chi connectivity index (χ1) is 14.6. The Morgan fingerprint density at radius 2 is 1.93 bits per heavy atom. The second-order valence-electron chi connectivity index (χ2n) is 8.04. The van der Waals surface area contributed by atoms with Crippen LogP contribution >= 0.6 is 0 Å². The van der Waals surface area contributed by atoms with Crippen LogP contribution < -0.4 is 10.2 Å². The van der Waals surface area contributed by atoms with Crippen LogP contribution in [0.25, 0.3) is 0 Å². The minimum atomic E-state index is -0.469. The molecule has 0 saturated carbocycles. The van der Waals surface area contributed by atoms with Crippen molar-refractivity contribution in [3.05, 3.63) is 47.9 Å². The van der Waals surface area contributed by atoms with Crippen molar-refractivity contribution >= 4 is 23.2 Å². The number of piperazine rings is 1. The van der Waals surface area contributed by atoms with Gasteiger partial charge in [0.05, 0.1) is 6.26 Å². The first kappa shape index (κ1) is 20.5. The Kier molecular flexibility index (Phi) is 6.08. The van der Waals surface area contributed by atoms with Gasteiger partial charge in [-0.3, -0.25) is 9.59 Å². The number of nitrogens with one attached hydrogen (secondary N) is 1. The lowest BCUT2D eigenvalue weighted by molar-refractivity contribution is -0.119. The van der Waals surface area contributed by atoms with Gasteiger partial charge in [-0.25, -0.2) is 0 Å². The second kappa shape index (κ2) is 8.92. The van der Waals surface area contributed by atoms with Gasteiger partial charge in [0.15, 0.2) is 5.76 Å². The van der Waals surface area contributed by atoms with E-state index >= 15 is 0 Å². The molecule has 1 atom stereocenters. The summed E-state index contributed by atoms with van der Waals surface area (Å²) in [5, 5.41) is 3.04. The molecule has 1 N–H and O–H groups in total. The van der Waals surface area contributed by atoms with E-state index in [9.17, 15) is 9.59 Å². The third-order valence-corrected chi connectivity index (χ3v) is 6.20. The number of carbonyl (C=O) groups excluding carboxylic acids is 2. The molecule has 2 saturated heterocycles. The van der Waals surface area contributed by atoms with Gasteiger partial charge in [0.2, 0.25) is 5.91 Å². The zero-order valence-corrected chi connectivity index (χ0v) is 17.8. The molecule has 2 amide bonds. The summed E-state index contributed by atoms with van der Waals surface area (Å²) in [6.45, 7) is 10.1. The zero-order valence-electron chi connectivity index (χ0n) is 17.8. The van der Waals surface area contributed by atoms with E-state index in [1.54, 1.807) is 17.0 Å². The highest BCUT2D eigenvalue weighted by Crippen LogP contribution is 2.26. The van der Waals surface area contributed by atoms with Gasteiger partial charge in [0.25, 0.3) is 5.91 Å². The van der Waals surface area contributed by atoms with Crippen molar-refractivity contribution in [2.24, 2.45) is 0 Å². The van der Waals surface area contributed by atoms with Crippen LogP contribution in [0.3, 0.4) is 0 Å². The number of anilines is 2. The lowest BCUT2D eigenvalue weighted by Gasteiger charge is -2.35. The SMILES string of the molecule is CCN1CCN(c2ccc(NC(=O)C3CCCN3C(=O)c3ccco3)c(C)c2)CC1. The molecule has 0 spiro atoms. The van der Waals surface area contributed by atoms with Gasteiger partial charge in [-0.05, 0) is 62.2 Å². The van der Waals surface area contributed by atoms with Crippen molar-refractivity contribution in [2.45, 2.75) is 32.7 Å². The van der Waals surface area contributed by atoms with Gasteiger partial charge in [0.1, 0.15) is 6.04 Å². The van der Waals surface area contributed by atoms with Crippen molar-refractivity contribution in [3.8, 4) is 0 Å². The van der Waals surface area contributed by atoms with Gasteiger partial charge in [-0.1, -0.05) is 6.92 Å². The number of hydrogen-bond donors (Lipinski definition) is 1. The molecule has 0 aliphatic carbocycles. The highest BCUT2D eigenvalue weighted by Gasteiger charge is 2.35. The number of hydrogen-bond acceptors (Lipinski definition) is 5. The van der Waals surface area contributed by atoms with Crippen LogP contribution in [0.5, 0.6) is 0 Å². The highest BCUT2D eigenvalue weighted by atomic mass is 16.3. The normalized spacial score (nSPS) is 19.9. The van der Waals surface area contributed by atoms with E-state index in [0.717, 1.165) is 50.4 Å². The van der Waals surface area contributed by atoms with Crippen molar-refractivity contribution in [2.75, 3.05) is 49.5 Å². The Balaban J connectivity index is 1.41. The average Bonchev–Trinajstić information content (AvgIpc) is 3.47. The Hall–Kier alpha value is -2.80. The molecule has 0 radical (unpaired) electrons. The van der Waals surface area contributed by atoms with E-state index in [1.807, 2.05) is 13.0 Å². The van der Waals surface area contributed by atoms with E-state index in [0.29, 0.717) is 13.0 Å². The van der Waals surface area contributed by atoms with Gasteiger partial charge in [-0.2, -0.15) is 0 Å². The van der Waals surface area contributed by atoms with E-state index in [4.69, 9.17) is 4.42 Å². The number of aryl methyl sites for hydroxylation is 1. The molecule has 160 valence electrons. The van der Waals surface area contributed by atoms with Gasteiger partial charge in [-0.15, -0.1) is 0 Å². The molecule has 0 bridgehead atoms. The molecule has 7 heteroatoms. The maximum absolute atomic E-state index is 13.0. The van der Waals surface area contributed by atoms with Gasteiger partial charge >= 0.3 is 0 Å². The number of rotatable bonds is 5. The quantitative estimate of drug-likeness (QED) is 0.821. The lowest BCUT2D eigenvalue weighted by Crippen LogP contribution is -2.46. The molecular weight excluding hydrogens is 380 g/mol. The number of likely N-dealkylation sites (tertiary alicyclic amines) is 1. The van der Waals surface area contributed by atoms with Crippen LogP contribution in [-0.2, 0) is 4.79 Å². The Morgan fingerprint density at radius 3 is 2.60 bits per heavy atom. The summed E-state index contributed by atoms with van der Waals surface area (Å²) in [4.78, 5) is 32.1. The molecule has 2 aliphatic heterocycles. The number of likely N-dealkylation sites (N-methyl/N-ethyl adjacent to an activating group) is 1. The van der Waals surface area contributed by atoms with Crippen LogP contribution in [0.2, 0.25) is 0 Å². The highest BCUT2D eigenvalue weighted by molar-refractivity contribution is 6.01. The van der Waals surface area contributed by atoms with Crippen molar-refractivity contribution < 1.29 is 14.0 Å². The van der Waals surface area contributed by atoms with Gasteiger partial charge in [0, 0.05) is 44.1 Å². The standard InChI is InChI=1S/C23H30N4O3/c1-3-25-11-13-26(14-12-25)18-8-9-19(17(2)16-18)24-22(28)20-6-4-10-27(20)23(29)21-7-5-15-30-21/h5,7-9,15-16,20H,3-4,6,10-14H2,1-2H3,(H,24,28). The summed E-state index contributed by atoms with van der Waals surface area (Å²) >= 11 is 0. The molecule has 7 nitrogen and oxygen atoms in total. The summed E-state index contributed by atoms with van der Waals surface area (Å²) in [6, 6.07) is 9.04. The number of furan rings is 1. The molecule has 1 unspecified atom stereocenters. The summed E-state index contributed by atoms with van der Waals surface area (Å²) in [7, 11) is 0. The fraction of sp³-hybridized carbons (Fsp3) is 0.478. The summed E-state index contributed by atoms with van der Waals surface area (Å²) in [5.74, 6) is -0.0887. The molecule has 2 aliphatic rings. The first-order valence-corrected chi connectivity index (χ1v) is 10.8. The molecule has 30 heavy (non-hydrogen) atoms. The smallest absolute Gasteiger partial charge is 0.290 e. The molecule has 1 aromatic carbocycles. The predicted octanol–water partition coefficient (Wildman–Crippen LogP) is 2.97. The fourth-order valence-electron chi connectivity index (χ4n) is 4.35. The molecule has 2 aromatic rings. The van der Waals surface area contributed by atoms with Gasteiger partial charge < -0.3 is 24.4 Å². The number of benzene rings is 1. The van der Waals surface area contributed by atoms with Crippen LogP contribution in [0.4, 0.5) is 11.4 Å². The van der Waals surface area contributed by atoms with E-state index in [2.05, 4.69) is 34.2 Å². The molecule has 2 fully saturated rings. The predicted molar refractivity (Wildman–Crippen MR) is 117 cm³/mol. The monoisotopic (exact) mass is 410 g/mol. The molecule has 1 aromatic heterocycles. The lowest BCUT2D eigenvalue weighted by atomic mass is 10.1. The third kappa shape index (κ3) is 4.21. The van der Waals surface area contributed by atoms with E-state index < -0.39 is 6.04 Å². The third-order valence-electron chi connectivity index (χ3n) is 6.20. The molecule has 3 heterocycles. The fourth-order valence-corrected chi connectivity index (χ4v) is 4.35. The first-order valence-electron chi connectivity index (χ1n) is 10.8. The second-order valence-corrected chi connectivity index (χ2v) is 8.04. The van der Waals surface area contributed by atoms with Crippen molar-refractivity contribution in [1.29, 1.82) is 0 Å². The van der Waals surface area contributed by atoms with Crippen LogP contribution in [0.1, 0.15) is 35.9 Å². The summed E-state index contributed by atoms with van der Waals surface area (Å²) in [6.07, 6.45) is 2.95. The number of amides is 2. The van der Waals surface area contributed by atoms with Crippen LogP contribution in [0.15, 0.2) is 41.0 Å². The minimum Gasteiger partial charge on any atom is -0.459 e. The summed E-state index contributed by atoms with van der Waals surface area (Å²) in [5.41, 5.74) is 3.02. The van der Waals surface area contributed by atoms with Crippen molar-refractivity contribution in [1.82, 2.24) is 9.80 Å². The minimum absolute atomic E-state index is 0.139. The maximum Gasteiger partial charge on any atom is 0.290 e. The largest absolute Gasteiger partial charge is 0.459 e. The van der Waals surface area contributed by atoms with Crippen LogP contribution in [-0.4, -0.2) is 66.9 Å². The topological polar surface area (TPSA) is 69.0 Å². The Morgan fingerprint density at radius 1 is 1.13 bits per heavy atom. The van der Waals surface area contributed by atoms with Crippen LogP contribution in [0, 0.1) is 6.92 Å².